The molecule has 0 aliphatic heterocycles. The lowest BCUT2D eigenvalue weighted by Crippen LogP contribution is -2.36. The lowest BCUT2D eigenvalue weighted by Gasteiger charge is -2.10. The highest BCUT2D eigenvalue weighted by Crippen LogP contribution is 2.27. The number of benzene rings is 1. The standard InChI is InChI=1S/C12H10Cl2N2O2/c1-15-10(6-11(17)16(2)12(15)18)7-3-4-8(13)9(14)5-7/h3-6H,1-2H3. The van der Waals surface area contributed by atoms with Gasteiger partial charge in [-0.15, -0.1) is 0 Å². The molecule has 0 spiro atoms. The van der Waals surface area contributed by atoms with Gasteiger partial charge in [-0.2, -0.15) is 0 Å². The van der Waals surface area contributed by atoms with E-state index in [0.717, 1.165) is 4.57 Å². The molecular formula is C12H10Cl2N2O2. The first-order valence-electron chi connectivity index (χ1n) is 5.14. The summed E-state index contributed by atoms with van der Waals surface area (Å²) in [4.78, 5) is 23.4. The fourth-order valence-corrected chi connectivity index (χ4v) is 1.96. The maximum absolute atomic E-state index is 11.8. The second kappa shape index (κ2) is 4.63. The molecule has 0 saturated carbocycles. The van der Waals surface area contributed by atoms with Crippen LogP contribution in [-0.4, -0.2) is 9.13 Å². The molecule has 2 aromatic rings. The number of halogens is 2. The van der Waals surface area contributed by atoms with E-state index in [-0.39, 0.29) is 11.2 Å². The van der Waals surface area contributed by atoms with Crippen LogP contribution in [0.15, 0.2) is 33.9 Å². The monoisotopic (exact) mass is 284 g/mol. The van der Waals surface area contributed by atoms with E-state index in [2.05, 4.69) is 0 Å². The number of hydrogen-bond donors (Lipinski definition) is 0. The largest absolute Gasteiger partial charge is 0.330 e. The maximum atomic E-state index is 11.8. The van der Waals surface area contributed by atoms with E-state index < -0.39 is 0 Å². The highest BCUT2D eigenvalue weighted by Gasteiger charge is 2.09. The second-order valence-corrected chi connectivity index (χ2v) is 4.71. The molecule has 0 amide bonds. The molecule has 1 aromatic carbocycles. The van der Waals surface area contributed by atoms with E-state index >= 15 is 0 Å². The Morgan fingerprint density at radius 1 is 0.944 bits per heavy atom. The van der Waals surface area contributed by atoms with Crippen molar-refractivity contribution in [3.63, 3.8) is 0 Å². The third-order valence-corrected chi connectivity index (χ3v) is 3.48. The van der Waals surface area contributed by atoms with Gasteiger partial charge < -0.3 is 0 Å². The number of hydrogen-bond acceptors (Lipinski definition) is 2. The Morgan fingerprint density at radius 3 is 2.22 bits per heavy atom. The van der Waals surface area contributed by atoms with E-state index in [0.29, 0.717) is 21.3 Å². The zero-order valence-electron chi connectivity index (χ0n) is 9.78. The molecule has 0 atom stereocenters. The van der Waals surface area contributed by atoms with Crippen LogP contribution >= 0.6 is 23.2 Å². The fourth-order valence-electron chi connectivity index (χ4n) is 1.67. The summed E-state index contributed by atoms with van der Waals surface area (Å²) >= 11 is 11.8. The van der Waals surface area contributed by atoms with Crippen LogP contribution in [0.1, 0.15) is 0 Å². The molecule has 0 N–H and O–H groups in total. The normalized spacial score (nSPS) is 10.7. The fraction of sp³-hybridized carbons (Fsp3) is 0.167. The molecule has 0 radical (unpaired) electrons. The number of nitrogens with zero attached hydrogens (tertiary/aromatic N) is 2. The molecule has 94 valence electrons. The summed E-state index contributed by atoms with van der Waals surface area (Å²) in [5.41, 5.74) is 0.422. The molecule has 1 aromatic heterocycles. The molecule has 1 heterocycles. The summed E-state index contributed by atoms with van der Waals surface area (Å²) in [6.45, 7) is 0. The Kier molecular flexibility index (Phi) is 3.32. The maximum Gasteiger partial charge on any atom is 0.330 e. The molecular weight excluding hydrogens is 275 g/mol. The Balaban J connectivity index is 2.76. The number of aromatic nitrogens is 2. The molecule has 0 bridgehead atoms. The van der Waals surface area contributed by atoms with Crippen molar-refractivity contribution in [3.05, 3.63) is 55.1 Å². The Bertz CT molecular complexity index is 732. The van der Waals surface area contributed by atoms with Gasteiger partial charge in [0, 0.05) is 25.7 Å². The quantitative estimate of drug-likeness (QED) is 0.805. The van der Waals surface area contributed by atoms with Gasteiger partial charge in [-0.3, -0.25) is 13.9 Å². The van der Waals surface area contributed by atoms with Crippen LogP contribution in [-0.2, 0) is 14.1 Å². The summed E-state index contributed by atoms with van der Waals surface area (Å²) in [6, 6.07) is 6.35. The van der Waals surface area contributed by atoms with Crippen molar-refractivity contribution >= 4 is 23.2 Å². The molecule has 0 unspecified atom stereocenters. The molecule has 0 fully saturated rings. The molecule has 0 saturated heterocycles. The molecule has 2 rings (SSSR count). The molecule has 0 aliphatic rings. The minimum atomic E-state index is -0.386. The smallest absolute Gasteiger partial charge is 0.296 e. The van der Waals surface area contributed by atoms with E-state index in [1.54, 1.807) is 25.2 Å². The average molecular weight is 285 g/mol. The van der Waals surface area contributed by atoms with Gasteiger partial charge in [-0.05, 0) is 12.1 Å². The van der Waals surface area contributed by atoms with E-state index in [1.807, 2.05) is 0 Å². The van der Waals surface area contributed by atoms with Crippen molar-refractivity contribution < 1.29 is 0 Å². The summed E-state index contributed by atoms with van der Waals surface area (Å²) in [5, 5.41) is 0.802. The SMILES string of the molecule is Cn1c(-c2ccc(Cl)c(Cl)c2)cc(=O)n(C)c1=O. The van der Waals surface area contributed by atoms with Gasteiger partial charge in [-0.1, -0.05) is 29.3 Å². The second-order valence-electron chi connectivity index (χ2n) is 3.90. The van der Waals surface area contributed by atoms with Gasteiger partial charge in [-0.25, -0.2) is 4.79 Å². The molecule has 4 nitrogen and oxygen atoms in total. The third-order valence-electron chi connectivity index (χ3n) is 2.74. The van der Waals surface area contributed by atoms with Crippen LogP contribution in [0.2, 0.25) is 10.0 Å². The zero-order chi connectivity index (χ0) is 13.4. The van der Waals surface area contributed by atoms with Crippen molar-refractivity contribution in [2.24, 2.45) is 14.1 Å². The Morgan fingerprint density at radius 2 is 1.61 bits per heavy atom. The van der Waals surface area contributed by atoms with Gasteiger partial charge in [0.15, 0.2) is 0 Å². The van der Waals surface area contributed by atoms with Crippen molar-refractivity contribution in [2.45, 2.75) is 0 Å². The molecule has 18 heavy (non-hydrogen) atoms. The van der Waals surface area contributed by atoms with E-state index in [9.17, 15) is 9.59 Å². The van der Waals surface area contributed by atoms with Crippen molar-refractivity contribution in [1.82, 2.24) is 9.13 Å². The van der Waals surface area contributed by atoms with Gasteiger partial charge >= 0.3 is 5.69 Å². The Labute approximate surface area is 113 Å². The van der Waals surface area contributed by atoms with Crippen molar-refractivity contribution in [1.29, 1.82) is 0 Å². The first kappa shape index (κ1) is 12.9. The van der Waals surface area contributed by atoms with Gasteiger partial charge in [0.25, 0.3) is 5.56 Å². The van der Waals surface area contributed by atoms with Gasteiger partial charge in [0.1, 0.15) is 0 Å². The first-order valence-corrected chi connectivity index (χ1v) is 5.90. The van der Waals surface area contributed by atoms with Crippen LogP contribution in [0.3, 0.4) is 0 Å². The highest BCUT2D eigenvalue weighted by atomic mass is 35.5. The summed E-state index contributed by atoms with van der Waals surface area (Å²) in [7, 11) is 3.03. The summed E-state index contributed by atoms with van der Waals surface area (Å²) in [5.74, 6) is 0. The van der Waals surface area contributed by atoms with Crippen LogP contribution in [0, 0.1) is 0 Å². The predicted octanol–water partition coefficient (Wildman–Crippen LogP) is 2.06. The lowest BCUT2D eigenvalue weighted by molar-refractivity contribution is 0.692. The zero-order valence-corrected chi connectivity index (χ0v) is 11.3. The lowest BCUT2D eigenvalue weighted by atomic mass is 10.1. The minimum Gasteiger partial charge on any atom is -0.296 e. The van der Waals surface area contributed by atoms with Crippen molar-refractivity contribution in [3.8, 4) is 11.3 Å². The third kappa shape index (κ3) is 2.09. The van der Waals surface area contributed by atoms with Crippen LogP contribution in [0.5, 0.6) is 0 Å². The highest BCUT2D eigenvalue weighted by molar-refractivity contribution is 6.42. The Hall–Kier alpha value is -1.52. The van der Waals surface area contributed by atoms with E-state index in [1.165, 1.54) is 17.7 Å². The van der Waals surface area contributed by atoms with Crippen molar-refractivity contribution in [2.75, 3.05) is 0 Å². The van der Waals surface area contributed by atoms with E-state index in [4.69, 9.17) is 23.2 Å². The van der Waals surface area contributed by atoms with Crippen LogP contribution in [0.4, 0.5) is 0 Å². The van der Waals surface area contributed by atoms with Crippen LogP contribution in [0.25, 0.3) is 11.3 Å². The first-order chi connectivity index (χ1) is 8.41. The minimum absolute atomic E-state index is 0.362. The average Bonchev–Trinajstić information content (AvgIpc) is 2.35. The van der Waals surface area contributed by atoms with Crippen LogP contribution < -0.4 is 11.2 Å². The molecule has 0 aliphatic carbocycles. The number of rotatable bonds is 1. The predicted molar refractivity (Wildman–Crippen MR) is 72.4 cm³/mol. The summed E-state index contributed by atoms with van der Waals surface area (Å²) < 4.78 is 2.43. The van der Waals surface area contributed by atoms with Gasteiger partial charge in [0.05, 0.1) is 15.7 Å². The topological polar surface area (TPSA) is 44.0 Å². The summed E-state index contributed by atoms with van der Waals surface area (Å²) in [6.07, 6.45) is 0. The molecule has 6 heteroatoms. The van der Waals surface area contributed by atoms with Gasteiger partial charge in [0.2, 0.25) is 0 Å².